The molecule has 1 rings (SSSR count). The largest absolute Gasteiger partial charge is 0.494 e. The summed E-state index contributed by atoms with van der Waals surface area (Å²) in [6.45, 7) is 1.02. The number of nitrogens with one attached hydrogen (secondary N) is 1. The number of hydrogen-bond acceptors (Lipinski definition) is 4. The van der Waals surface area contributed by atoms with Gasteiger partial charge < -0.3 is 14.8 Å². The summed E-state index contributed by atoms with van der Waals surface area (Å²) >= 11 is 6.77. The van der Waals surface area contributed by atoms with E-state index in [9.17, 15) is 4.79 Å². The third kappa shape index (κ3) is 5.44. The van der Waals surface area contributed by atoms with E-state index in [0.29, 0.717) is 30.9 Å². The summed E-state index contributed by atoms with van der Waals surface area (Å²) in [6.07, 6.45) is 2.22. The number of nitrogens with zero attached hydrogens (tertiary/aromatic N) is 1. The van der Waals surface area contributed by atoms with Gasteiger partial charge in [0, 0.05) is 20.3 Å². The lowest BCUT2D eigenvalue weighted by atomic mass is 10.1. The third-order valence-corrected chi connectivity index (χ3v) is 3.89. The Labute approximate surface area is 146 Å². The number of carbonyl (C=O) groups excluding carboxylic acids is 1. The highest BCUT2D eigenvalue weighted by Crippen LogP contribution is 2.34. The molecule has 0 atom stereocenters. The van der Waals surface area contributed by atoms with Gasteiger partial charge in [0.1, 0.15) is 17.4 Å². The lowest BCUT2D eigenvalue weighted by molar-refractivity contribution is -0.117. The van der Waals surface area contributed by atoms with Gasteiger partial charge in [0.05, 0.1) is 16.1 Å². The first-order valence-electron chi connectivity index (χ1n) is 6.45. The summed E-state index contributed by atoms with van der Waals surface area (Å²) in [5, 5.41) is 11.8. The number of nitriles is 1. The highest BCUT2D eigenvalue weighted by molar-refractivity contribution is 9.11. The van der Waals surface area contributed by atoms with Gasteiger partial charge in [-0.05, 0) is 62.1 Å². The zero-order valence-corrected chi connectivity index (χ0v) is 15.5. The minimum absolute atomic E-state index is 0.0429. The molecule has 0 heterocycles. The standard InChI is InChI=1S/C15H16Br2N2O3/c1-21-5-3-4-19-15(20)11(9-18)6-10-7-12(16)14(22-2)13(17)8-10/h6-8H,3-5H2,1-2H3,(H,19,20)/b11-6+. The van der Waals surface area contributed by atoms with Crippen molar-refractivity contribution in [3.63, 3.8) is 0 Å². The van der Waals surface area contributed by atoms with Gasteiger partial charge in [-0.2, -0.15) is 5.26 Å². The van der Waals surface area contributed by atoms with Crippen molar-refractivity contribution in [1.82, 2.24) is 5.32 Å². The van der Waals surface area contributed by atoms with E-state index in [2.05, 4.69) is 37.2 Å². The van der Waals surface area contributed by atoms with E-state index < -0.39 is 5.91 Å². The van der Waals surface area contributed by atoms with Gasteiger partial charge in [0.2, 0.25) is 0 Å². The van der Waals surface area contributed by atoms with Crippen molar-refractivity contribution in [2.45, 2.75) is 6.42 Å². The Hall–Kier alpha value is -1.36. The molecule has 0 saturated heterocycles. The highest BCUT2D eigenvalue weighted by Gasteiger charge is 2.11. The molecule has 1 aromatic carbocycles. The van der Waals surface area contributed by atoms with Crippen molar-refractivity contribution >= 4 is 43.8 Å². The van der Waals surface area contributed by atoms with Gasteiger partial charge in [-0.3, -0.25) is 4.79 Å². The summed E-state index contributed by atoms with van der Waals surface area (Å²) in [5.74, 6) is 0.251. The fourth-order valence-electron chi connectivity index (χ4n) is 1.69. The summed E-state index contributed by atoms with van der Waals surface area (Å²) < 4.78 is 11.6. The molecular weight excluding hydrogens is 416 g/mol. The lowest BCUT2D eigenvalue weighted by Crippen LogP contribution is -2.26. The SMILES string of the molecule is COCCCNC(=O)/C(C#N)=C/c1cc(Br)c(OC)c(Br)c1. The van der Waals surface area contributed by atoms with Crippen LogP contribution in [0.15, 0.2) is 26.7 Å². The molecule has 0 aromatic heterocycles. The molecule has 0 aliphatic rings. The number of hydrogen-bond donors (Lipinski definition) is 1. The van der Waals surface area contributed by atoms with Crippen LogP contribution in [0.4, 0.5) is 0 Å². The zero-order chi connectivity index (χ0) is 16.5. The van der Waals surface area contributed by atoms with Crippen molar-refractivity contribution < 1.29 is 14.3 Å². The molecule has 1 amide bonds. The monoisotopic (exact) mass is 430 g/mol. The van der Waals surface area contributed by atoms with E-state index in [1.807, 2.05) is 6.07 Å². The number of methoxy groups -OCH3 is 2. The van der Waals surface area contributed by atoms with Crippen LogP contribution in [0, 0.1) is 11.3 Å². The molecule has 22 heavy (non-hydrogen) atoms. The van der Waals surface area contributed by atoms with Crippen LogP contribution in [0.2, 0.25) is 0 Å². The summed E-state index contributed by atoms with van der Waals surface area (Å²) in [4.78, 5) is 11.9. The number of rotatable bonds is 7. The maximum atomic E-state index is 11.9. The minimum Gasteiger partial charge on any atom is -0.494 e. The third-order valence-electron chi connectivity index (χ3n) is 2.71. The number of benzene rings is 1. The van der Waals surface area contributed by atoms with Crippen molar-refractivity contribution in [3.05, 3.63) is 32.2 Å². The van der Waals surface area contributed by atoms with Gasteiger partial charge in [-0.1, -0.05) is 0 Å². The first kappa shape index (κ1) is 18.7. The van der Waals surface area contributed by atoms with Crippen molar-refractivity contribution in [2.75, 3.05) is 27.4 Å². The Morgan fingerprint density at radius 3 is 2.50 bits per heavy atom. The van der Waals surface area contributed by atoms with Crippen molar-refractivity contribution in [3.8, 4) is 11.8 Å². The van der Waals surface area contributed by atoms with Gasteiger partial charge in [-0.25, -0.2) is 0 Å². The normalized spacial score (nSPS) is 11.0. The molecule has 0 aliphatic carbocycles. The van der Waals surface area contributed by atoms with E-state index in [4.69, 9.17) is 14.7 Å². The zero-order valence-electron chi connectivity index (χ0n) is 12.3. The summed E-state index contributed by atoms with van der Waals surface area (Å²) in [7, 11) is 3.16. The second-order valence-electron chi connectivity index (χ2n) is 4.29. The molecular formula is C15H16Br2N2O3. The van der Waals surface area contributed by atoms with Crippen LogP contribution in [0.25, 0.3) is 6.08 Å². The molecule has 0 saturated carbocycles. The number of ether oxygens (including phenoxy) is 2. The van der Waals surface area contributed by atoms with Gasteiger partial charge in [0.25, 0.3) is 5.91 Å². The van der Waals surface area contributed by atoms with Crippen LogP contribution >= 0.6 is 31.9 Å². The first-order chi connectivity index (χ1) is 10.5. The Balaban J connectivity index is 2.89. The number of amides is 1. The van der Waals surface area contributed by atoms with Gasteiger partial charge >= 0.3 is 0 Å². The fourth-order valence-corrected chi connectivity index (χ4v) is 3.23. The fraction of sp³-hybridized carbons (Fsp3) is 0.333. The predicted molar refractivity (Wildman–Crippen MR) is 91.5 cm³/mol. The molecule has 118 valence electrons. The van der Waals surface area contributed by atoms with E-state index in [1.165, 1.54) is 6.08 Å². The van der Waals surface area contributed by atoms with E-state index >= 15 is 0 Å². The second-order valence-corrected chi connectivity index (χ2v) is 6.00. The van der Waals surface area contributed by atoms with Crippen LogP contribution in [0.3, 0.4) is 0 Å². The molecule has 5 nitrogen and oxygen atoms in total. The molecule has 0 radical (unpaired) electrons. The second kappa shape index (κ2) is 9.62. The van der Waals surface area contributed by atoms with E-state index in [-0.39, 0.29) is 5.57 Å². The minimum atomic E-state index is -0.401. The summed E-state index contributed by atoms with van der Waals surface area (Å²) in [5.41, 5.74) is 0.754. The van der Waals surface area contributed by atoms with Crippen molar-refractivity contribution in [2.24, 2.45) is 0 Å². The summed E-state index contributed by atoms with van der Waals surface area (Å²) in [6, 6.07) is 5.47. The van der Waals surface area contributed by atoms with E-state index in [0.717, 1.165) is 8.95 Å². The molecule has 0 aliphatic heterocycles. The molecule has 1 aromatic rings. The lowest BCUT2D eigenvalue weighted by Gasteiger charge is -2.08. The topological polar surface area (TPSA) is 71.3 Å². The molecule has 7 heteroatoms. The van der Waals surface area contributed by atoms with Crippen LogP contribution in [0.5, 0.6) is 5.75 Å². The Morgan fingerprint density at radius 2 is 2.00 bits per heavy atom. The Bertz CT molecular complexity index is 586. The maximum absolute atomic E-state index is 11.9. The first-order valence-corrected chi connectivity index (χ1v) is 8.04. The van der Waals surface area contributed by atoms with Crippen LogP contribution in [-0.4, -0.2) is 33.3 Å². The van der Waals surface area contributed by atoms with Crippen LogP contribution in [-0.2, 0) is 9.53 Å². The molecule has 0 bridgehead atoms. The van der Waals surface area contributed by atoms with Crippen LogP contribution in [0.1, 0.15) is 12.0 Å². The molecule has 0 spiro atoms. The number of carbonyl (C=O) groups is 1. The van der Waals surface area contributed by atoms with E-state index in [1.54, 1.807) is 26.4 Å². The smallest absolute Gasteiger partial charge is 0.261 e. The Kier molecular flexibility index (Phi) is 8.17. The highest BCUT2D eigenvalue weighted by atomic mass is 79.9. The average molecular weight is 432 g/mol. The number of halogens is 2. The van der Waals surface area contributed by atoms with Gasteiger partial charge in [0.15, 0.2) is 0 Å². The quantitative estimate of drug-likeness (QED) is 0.408. The van der Waals surface area contributed by atoms with Crippen LogP contribution < -0.4 is 10.1 Å². The molecule has 0 fully saturated rings. The van der Waals surface area contributed by atoms with Gasteiger partial charge in [-0.15, -0.1) is 0 Å². The molecule has 1 N–H and O–H groups in total. The van der Waals surface area contributed by atoms with Crippen molar-refractivity contribution in [1.29, 1.82) is 5.26 Å². The molecule has 0 unspecified atom stereocenters. The average Bonchev–Trinajstić information content (AvgIpc) is 2.48. The maximum Gasteiger partial charge on any atom is 0.261 e. The predicted octanol–water partition coefficient (Wildman–Crippen LogP) is 3.28. The Morgan fingerprint density at radius 1 is 1.36 bits per heavy atom.